The number of thioether (sulfide) groups is 1. The van der Waals surface area contributed by atoms with Gasteiger partial charge in [-0.05, 0) is 37.0 Å². The number of anilines is 1. The molecule has 4 aromatic rings. The van der Waals surface area contributed by atoms with E-state index < -0.39 is 28.6 Å². The van der Waals surface area contributed by atoms with Crippen LogP contribution in [0, 0.1) is 11.6 Å². The van der Waals surface area contributed by atoms with Crippen molar-refractivity contribution >= 4 is 46.0 Å². The second-order valence-corrected chi connectivity index (χ2v) is 13.6. The van der Waals surface area contributed by atoms with E-state index >= 15 is 8.78 Å². The highest BCUT2D eigenvalue weighted by Crippen LogP contribution is 2.51. The Labute approximate surface area is 273 Å². The number of nitrogens with zero attached hydrogens (tertiary/aromatic N) is 6. The quantitative estimate of drug-likeness (QED) is 0.243. The average molecular weight is 667 g/mol. The van der Waals surface area contributed by atoms with Crippen LogP contribution in [0.2, 0.25) is 5.02 Å². The fourth-order valence-electron chi connectivity index (χ4n) is 6.42. The molecule has 2 atom stereocenters. The van der Waals surface area contributed by atoms with Gasteiger partial charge in [0.1, 0.15) is 23.7 Å². The zero-order chi connectivity index (χ0) is 33.2. The smallest absolute Gasteiger partial charge is 0.354 e. The summed E-state index contributed by atoms with van der Waals surface area (Å²) in [4.78, 5) is 44.7. The lowest BCUT2D eigenvalue weighted by atomic mass is 9.98. The van der Waals surface area contributed by atoms with Crippen molar-refractivity contribution in [3.8, 4) is 22.6 Å². The summed E-state index contributed by atoms with van der Waals surface area (Å²) >= 11 is 8.31. The summed E-state index contributed by atoms with van der Waals surface area (Å²) in [5.74, 6) is -2.37. The minimum atomic E-state index is -0.995. The third kappa shape index (κ3) is 4.93. The summed E-state index contributed by atoms with van der Waals surface area (Å²) in [6, 6.07) is 3.08. The number of phenolic OH excluding ortho intramolecular Hbond substituents is 1. The van der Waals surface area contributed by atoms with Crippen LogP contribution in [0.3, 0.4) is 0 Å². The SMILES string of the molecule is C=CC(=O)N1CC2CSc3c(Cl)c(-c4c(O)cccc4F)c(F)c4c3c(nc(=O)n4-c3c(C(C)C)ncnc3C(C)C)N2CC1C. The van der Waals surface area contributed by atoms with E-state index in [0.29, 0.717) is 40.8 Å². The van der Waals surface area contributed by atoms with Gasteiger partial charge in [0.05, 0.1) is 44.6 Å². The number of carbonyl (C=O) groups excluding carboxylic acids is 1. The summed E-state index contributed by atoms with van der Waals surface area (Å²) < 4.78 is 34.1. The van der Waals surface area contributed by atoms with Gasteiger partial charge < -0.3 is 14.9 Å². The van der Waals surface area contributed by atoms with Gasteiger partial charge in [-0.3, -0.25) is 9.36 Å². The van der Waals surface area contributed by atoms with Crippen LogP contribution in [-0.4, -0.2) is 66.4 Å². The fraction of sp³-hybridized carbons (Fsp3) is 0.364. The van der Waals surface area contributed by atoms with Gasteiger partial charge in [-0.25, -0.2) is 23.5 Å². The molecule has 0 aliphatic carbocycles. The van der Waals surface area contributed by atoms with E-state index in [1.54, 1.807) is 4.90 Å². The van der Waals surface area contributed by atoms with Crippen molar-refractivity contribution in [2.24, 2.45) is 0 Å². The molecule has 1 N–H and O–H groups in total. The highest BCUT2D eigenvalue weighted by Gasteiger charge is 2.40. The molecular formula is C33H33ClF2N6O3S. The lowest BCUT2D eigenvalue weighted by Crippen LogP contribution is -2.60. The van der Waals surface area contributed by atoms with Crippen LogP contribution in [0.25, 0.3) is 27.7 Å². The van der Waals surface area contributed by atoms with Crippen LogP contribution in [0.15, 0.2) is 46.9 Å². The molecule has 4 heterocycles. The number of amides is 1. The van der Waals surface area contributed by atoms with Crippen molar-refractivity contribution in [1.82, 2.24) is 24.4 Å². The number of rotatable bonds is 5. The highest BCUT2D eigenvalue weighted by molar-refractivity contribution is 7.99. The van der Waals surface area contributed by atoms with Crippen LogP contribution >= 0.6 is 23.4 Å². The van der Waals surface area contributed by atoms with E-state index in [9.17, 15) is 14.7 Å². The molecule has 13 heteroatoms. The maximum atomic E-state index is 17.5. The minimum absolute atomic E-state index is 0.118. The molecule has 240 valence electrons. The Hall–Kier alpha value is -4.03. The fourth-order valence-corrected chi connectivity index (χ4v) is 8.06. The van der Waals surface area contributed by atoms with Gasteiger partial charge in [0.25, 0.3) is 0 Å². The molecule has 0 spiro atoms. The molecule has 0 bridgehead atoms. The van der Waals surface area contributed by atoms with Gasteiger partial charge >= 0.3 is 5.69 Å². The molecule has 6 rings (SSSR count). The maximum absolute atomic E-state index is 17.5. The topological polar surface area (TPSA) is 104 Å². The van der Waals surface area contributed by atoms with Crippen LogP contribution in [0.4, 0.5) is 14.6 Å². The number of halogens is 3. The first-order valence-electron chi connectivity index (χ1n) is 15.0. The van der Waals surface area contributed by atoms with E-state index in [2.05, 4.69) is 21.5 Å². The number of hydrogen-bond donors (Lipinski definition) is 1. The first-order valence-corrected chi connectivity index (χ1v) is 16.4. The number of carbonyl (C=O) groups is 1. The zero-order valence-electron chi connectivity index (χ0n) is 26.0. The van der Waals surface area contributed by atoms with Crippen LogP contribution in [-0.2, 0) is 4.79 Å². The van der Waals surface area contributed by atoms with E-state index in [4.69, 9.17) is 11.6 Å². The number of aromatic hydroxyl groups is 1. The van der Waals surface area contributed by atoms with Crippen LogP contribution in [0.1, 0.15) is 57.8 Å². The molecule has 1 amide bonds. The Morgan fingerprint density at radius 3 is 2.41 bits per heavy atom. The molecule has 2 aromatic heterocycles. The predicted molar refractivity (Wildman–Crippen MR) is 176 cm³/mol. The monoisotopic (exact) mass is 666 g/mol. The molecule has 2 aromatic carbocycles. The predicted octanol–water partition coefficient (Wildman–Crippen LogP) is 6.42. The molecule has 2 unspecified atom stereocenters. The van der Waals surface area contributed by atoms with E-state index in [0.717, 1.165) is 6.07 Å². The molecule has 2 aliphatic heterocycles. The molecule has 0 radical (unpaired) electrons. The normalized spacial score (nSPS) is 17.9. The zero-order valence-corrected chi connectivity index (χ0v) is 27.6. The molecule has 46 heavy (non-hydrogen) atoms. The summed E-state index contributed by atoms with van der Waals surface area (Å²) in [6.07, 6.45) is 2.69. The molecule has 0 saturated carbocycles. The largest absolute Gasteiger partial charge is 0.507 e. The van der Waals surface area contributed by atoms with Gasteiger partial charge in [-0.15, -0.1) is 11.8 Å². The van der Waals surface area contributed by atoms with Gasteiger partial charge in [-0.2, -0.15) is 4.98 Å². The Morgan fingerprint density at radius 2 is 1.80 bits per heavy atom. The molecular weight excluding hydrogens is 634 g/mol. The molecule has 1 saturated heterocycles. The van der Waals surface area contributed by atoms with Gasteiger partial charge in [0.15, 0.2) is 5.82 Å². The third-order valence-corrected chi connectivity index (χ3v) is 10.3. The Kier molecular flexibility index (Phi) is 8.30. The summed E-state index contributed by atoms with van der Waals surface area (Å²) in [6.45, 7) is 13.8. The Balaban J connectivity index is 1.79. The molecule has 2 aliphatic rings. The van der Waals surface area contributed by atoms with Crippen molar-refractivity contribution in [3.63, 3.8) is 0 Å². The number of hydrogen-bond acceptors (Lipinski definition) is 8. The summed E-state index contributed by atoms with van der Waals surface area (Å²) in [7, 11) is 0. The van der Waals surface area contributed by atoms with Crippen molar-refractivity contribution in [1.29, 1.82) is 0 Å². The van der Waals surface area contributed by atoms with Gasteiger partial charge in [0, 0.05) is 35.3 Å². The number of aromatic nitrogens is 4. The lowest BCUT2D eigenvalue weighted by molar-refractivity contribution is -0.128. The van der Waals surface area contributed by atoms with Crippen LogP contribution in [0.5, 0.6) is 5.75 Å². The Morgan fingerprint density at radius 1 is 1.13 bits per heavy atom. The second kappa shape index (κ2) is 12.0. The number of phenols is 1. The summed E-state index contributed by atoms with van der Waals surface area (Å²) in [5, 5.41) is 11.0. The first kappa shape index (κ1) is 31.9. The van der Waals surface area contributed by atoms with Crippen molar-refractivity contribution in [2.45, 2.75) is 63.4 Å². The van der Waals surface area contributed by atoms with Crippen molar-refractivity contribution in [2.75, 3.05) is 23.7 Å². The number of fused-ring (bicyclic) bond motifs is 2. The minimum Gasteiger partial charge on any atom is -0.507 e. The average Bonchev–Trinajstić information content (AvgIpc) is 3.16. The van der Waals surface area contributed by atoms with Crippen molar-refractivity contribution in [3.05, 3.63) is 75.7 Å². The highest BCUT2D eigenvalue weighted by atomic mass is 35.5. The third-order valence-electron chi connectivity index (χ3n) is 8.58. The van der Waals surface area contributed by atoms with E-state index in [1.165, 1.54) is 40.9 Å². The van der Waals surface area contributed by atoms with Crippen LogP contribution < -0.4 is 10.6 Å². The lowest BCUT2D eigenvalue weighted by Gasteiger charge is -2.45. The van der Waals surface area contributed by atoms with E-state index in [1.807, 2.05) is 39.5 Å². The van der Waals surface area contributed by atoms with Crippen molar-refractivity contribution < 1.29 is 18.7 Å². The molecule has 1 fully saturated rings. The summed E-state index contributed by atoms with van der Waals surface area (Å²) in [5.41, 5.74) is -0.425. The standard InChI is InChI=1S/C33H33ClF2N6O3S/c1-7-21(44)40-12-18-13-46-31-24-29(26(36)23(25(31)34)22-19(35)9-8-10-20(22)43)42(33(45)39-32(24)41(18)11-17(40)6)30-27(15(2)3)37-14-38-28(30)16(4)5/h7-10,14-18,43H,1,11-13H2,2-6H3. The first-order chi connectivity index (χ1) is 21.9. The maximum Gasteiger partial charge on any atom is 0.354 e. The number of piperazine rings is 1. The number of benzene rings is 2. The van der Waals surface area contributed by atoms with E-state index in [-0.39, 0.29) is 57.1 Å². The second-order valence-electron chi connectivity index (χ2n) is 12.2. The molecule has 9 nitrogen and oxygen atoms in total. The Bertz CT molecular complexity index is 1940. The van der Waals surface area contributed by atoms with Gasteiger partial charge in [-0.1, -0.05) is 51.9 Å². The van der Waals surface area contributed by atoms with Gasteiger partial charge in [0.2, 0.25) is 5.91 Å².